The lowest BCUT2D eigenvalue weighted by molar-refractivity contribution is 0.680. The van der Waals surface area contributed by atoms with E-state index in [9.17, 15) is 4.21 Å². The standard InChI is InChI=1S/C18H18N2OS/c1-11-9-14-16(10-12(11)2)22(4,21)19-18-17(14)13-7-5-6-8-15(13)20(18)3/h5-10H,1-4H3. The van der Waals surface area contributed by atoms with E-state index in [1.165, 1.54) is 10.9 Å². The fourth-order valence-corrected chi connectivity index (χ4v) is 4.87. The van der Waals surface area contributed by atoms with Crippen LogP contribution in [0.5, 0.6) is 0 Å². The monoisotopic (exact) mass is 310 g/mol. The number of benzene rings is 2. The van der Waals surface area contributed by atoms with E-state index >= 15 is 0 Å². The number of rotatable bonds is 0. The molecule has 3 nitrogen and oxygen atoms in total. The zero-order valence-corrected chi connectivity index (χ0v) is 14.0. The summed E-state index contributed by atoms with van der Waals surface area (Å²) in [7, 11) is -0.418. The van der Waals surface area contributed by atoms with Crippen LogP contribution in [0.4, 0.5) is 5.82 Å². The summed E-state index contributed by atoms with van der Waals surface area (Å²) in [5.74, 6) is 0.824. The summed E-state index contributed by atoms with van der Waals surface area (Å²) >= 11 is 0. The number of hydrogen-bond acceptors (Lipinski definition) is 2. The van der Waals surface area contributed by atoms with Gasteiger partial charge >= 0.3 is 0 Å². The van der Waals surface area contributed by atoms with Gasteiger partial charge in [-0.3, -0.25) is 0 Å². The first kappa shape index (κ1) is 13.6. The number of aryl methyl sites for hydroxylation is 3. The Balaban J connectivity index is 2.28. The maximum atomic E-state index is 13.1. The van der Waals surface area contributed by atoms with Gasteiger partial charge in [0.15, 0.2) is 5.82 Å². The molecule has 0 fully saturated rings. The van der Waals surface area contributed by atoms with Crippen molar-refractivity contribution in [2.24, 2.45) is 11.4 Å². The van der Waals surface area contributed by atoms with Gasteiger partial charge in [-0.2, -0.15) is 4.36 Å². The summed E-state index contributed by atoms with van der Waals surface area (Å²) in [6.45, 7) is 4.16. The Hall–Kier alpha value is -2.07. The molecule has 2 aromatic carbocycles. The molecule has 0 amide bonds. The van der Waals surface area contributed by atoms with Gasteiger partial charge in [-0.25, -0.2) is 4.21 Å². The van der Waals surface area contributed by atoms with Crippen LogP contribution in [0.2, 0.25) is 0 Å². The Morgan fingerprint density at radius 3 is 2.55 bits per heavy atom. The molecule has 0 bridgehead atoms. The molecule has 0 spiro atoms. The fourth-order valence-electron chi connectivity index (χ4n) is 3.26. The molecule has 1 aliphatic heterocycles. The fraction of sp³-hybridized carbons (Fsp3) is 0.222. The average Bonchev–Trinajstić information content (AvgIpc) is 2.74. The molecule has 0 radical (unpaired) electrons. The molecule has 4 rings (SSSR count). The van der Waals surface area contributed by atoms with Crippen molar-refractivity contribution in [3.05, 3.63) is 47.5 Å². The Kier molecular flexibility index (Phi) is 2.61. The van der Waals surface area contributed by atoms with E-state index in [1.54, 1.807) is 6.26 Å². The van der Waals surface area contributed by atoms with E-state index < -0.39 is 9.73 Å². The summed E-state index contributed by atoms with van der Waals surface area (Å²) in [6, 6.07) is 12.5. The van der Waals surface area contributed by atoms with Gasteiger partial charge in [-0.15, -0.1) is 0 Å². The first-order chi connectivity index (χ1) is 10.4. The van der Waals surface area contributed by atoms with Crippen LogP contribution in [0.25, 0.3) is 22.0 Å². The zero-order valence-electron chi connectivity index (χ0n) is 13.2. The SMILES string of the molecule is Cc1cc2c(cc1C)S(C)(=O)=Nc1c-2c2ccccc2n1C. The van der Waals surface area contributed by atoms with Crippen molar-refractivity contribution in [3.63, 3.8) is 0 Å². The van der Waals surface area contributed by atoms with E-state index in [0.717, 1.165) is 32.9 Å². The molecule has 0 N–H and O–H groups in total. The Bertz CT molecular complexity index is 1070. The molecule has 0 aliphatic carbocycles. The summed E-state index contributed by atoms with van der Waals surface area (Å²) in [6.07, 6.45) is 1.74. The predicted octanol–water partition coefficient (Wildman–Crippen LogP) is 4.56. The van der Waals surface area contributed by atoms with Gasteiger partial charge in [0, 0.05) is 29.8 Å². The van der Waals surface area contributed by atoms with Gasteiger partial charge in [-0.05, 0) is 43.2 Å². The Morgan fingerprint density at radius 2 is 1.77 bits per heavy atom. The topological polar surface area (TPSA) is 34.4 Å². The minimum atomic E-state index is -2.41. The lowest BCUT2D eigenvalue weighted by atomic mass is 9.99. The van der Waals surface area contributed by atoms with Crippen LogP contribution in [-0.4, -0.2) is 15.0 Å². The largest absolute Gasteiger partial charge is 0.328 e. The second kappa shape index (κ2) is 4.23. The lowest BCUT2D eigenvalue weighted by Gasteiger charge is -2.19. The number of hydrogen-bond donors (Lipinski definition) is 0. The molecule has 0 saturated carbocycles. The van der Waals surface area contributed by atoms with Crippen molar-refractivity contribution in [2.45, 2.75) is 18.7 Å². The minimum absolute atomic E-state index is 0.824. The summed E-state index contributed by atoms with van der Waals surface area (Å²) < 4.78 is 19.8. The average molecular weight is 310 g/mol. The number of nitrogens with zero attached hydrogens (tertiary/aromatic N) is 2. The highest BCUT2D eigenvalue weighted by molar-refractivity contribution is 7.93. The van der Waals surface area contributed by atoms with Crippen molar-refractivity contribution in [3.8, 4) is 11.1 Å². The first-order valence-corrected chi connectivity index (χ1v) is 9.23. The van der Waals surface area contributed by atoms with Crippen molar-refractivity contribution < 1.29 is 4.21 Å². The van der Waals surface area contributed by atoms with Crippen molar-refractivity contribution in [1.29, 1.82) is 0 Å². The molecule has 1 aromatic heterocycles. The van der Waals surface area contributed by atoms with Crippen LogP contribution >= 0.6 is 0 Å². The predicted molar refractivity (Wildman–Crippen MR) is 92.2 cm³/mol. The van der Waals surface area contributed by atoms with Crippen LogP contribution in [-0.2, 0) is 16.8 Å². The summed E-state index contributed by atoms with van der Waals surface area (Å²) in [5, 5.41) is 1.17. The van der Waals surface area contributed by atoms with Gasteiger partial charge in [0.2, 0.25) is 0 Å². The molecular weight excluding hydrogens is 292 g/mol. The van der Waals surface area contributed by atoms with Crippen LogP contribution in [0.15, 0.2) is 45.7 Å². The second-order valence-electron chi connectivity index (χ2n) is 6.10. The van der Waals surface area contributed by atoms with Crippen molar-refractivity contribution >= 4 is 26.4 Å². The van der Waals surface area contributed by atoms with Gasteiger partial charge in [0.1, 0.15) is 0 Å². The highest BCUT2D eigenvalue weighted by Gasteiger charge is 2.27. The number of aromatic nitrogens is 1. The summed E-state index contributed by atoms with van der Waals surface area (Å²) in [4.78, 5) is 0.861. The second-order valence-corrected chi connectivity index (χ2v) is 8.33. The maximum Gasteiger partial charge on any atom is 0.151 e. The van der Waals surface area contributed by atoms with Crippen molar-refractivity contribution in [1.82, 2.24) is 4.57 Å². The van der Waals surface area contributed by atoms with Crippen LogP contribution in [0, 0.1) is 13.8 Å². The van der Waals surface area contributed by atoms with Gasteiger partial charge < -0.3 is 4.57 Å². The third kappa shape index (κ3) is 1.64. The number of para-hydroxylation sites is 1. The molecule has 1 unspecified atom stereocenters. The van der Waals surface area contributed by atoms with E-state index in [4.69, 9.17) is 0 Å². The van der Waals surface area contributed by atoms with Crippen LogP contribution in [0.1, 0.15) is 11.1 Å². The number of fused-ring (bicyclic) bond motifs is 5. The van der Waals surface area contributed by atoms with Gasteiger partial charge in [0.25, 0.3) is 0 Å². The molecular formula is C18H18N2OS. The zero-order chi connectivity index (χ0) is 15.6. The molecule has 3 aromatic rings. The molecule has 112 valence electrons. The van der Waals surface area contributed by atoms with Gasteiger partial charge in [0.05, 0.1) is 20.1 Å². The molecule has 1 atom stereocenters. The normalized spacial score (nSPS) is 19.6. The van der Waals surface area contributed by atoms with E-state index in [1.807, 2.05) is 29.8 Å². The highest BCUT2D eigenvalue weighted by atomic mass is 32.2. The van der Waals surface area contributed by atoms with Crippen molar-refractivity contribution in [2.75, 3.05) is 6.26 Å². The Labute approximate surface area is 130 Å². The van der Waals surface area contributed by atoms with E-state index in [0.29, 0.717) is 0 Å². The van der Waals surface area contributed by atoms with Crippen LogP contribution < -0.4 is 0 Å². The molecule has 2 heterocycles. The van der Waals surface area contributed by atoms with E-state index in [2.05, 4.69) is 36.4 Å². The molecule has 0 saturated heterocycles. The van der Waals surface area contributed by atoms with Crippen LogP contribution in [0.3, 0.4) is 0 Å². The third-order valence-corrected chi connectivity index (χ3v) is 6.29. The Morgan fingerprint density at radius 1 is 1.09 bits per heavy atom. The smallest absolute Gasteiger partial charge is 0.151 e. The maximum absolute atomic E-state index is 13.1. The highest BCUT2D eigenvalue weighted by Crippen LogP contribution is 2.47. The van der Waals surface area contributed by atoms with Gasteiger partial charge in [-0.1, -0.05) is 18.2 Å². The lowest BCUT2D eigenvalue weighted by Crippen LogP contribution is -2.06. The summed E-state index contributed by atoms with van der Waals surface area (Å²) in [5.41, 5.74) is 5.67. The van der Waals surface area contributed by atoms with E-state index in [-0.39, 0.29) is 0 Å². The molecule has 22 heavy (non-hydrogen) atoms. The third-order valence-electron chi connectivity index (χ3n) is 4.61. The first-order valence-electron chi connectivity index (χ1n) is 7.31. The minimum Gasteiger partial charge on any atom is -0.328 e. The molecule has 4 heteroatoms. The quantitative estimate of drug-likeness (QED) is 0.599. The molecule has 1 aliphatic rings.